The molecule has 1 aromatic heterocycles. The Morgan fingerprint density at radius 3 is 2.80 bits per heavy atom. The molecule has 0 amide bonds. The molecule has 134 valence electrons. The Morgan fingerprint density at radius 1 is 1.32 bits per heavy atom. The van der Waals surface area contributed by atoms with Crippen molar-refractivity contribution in [1.29, 1.82) is 0 Å². The number of guanidine groups is 1. The second kappa shape index (κ2) is 8.19. The van der Waals surface area contributed by atoms with Gasteiger partial charge >= 0.3 is 0 Å². The Hall–Kier alpha value is -2.30. The summed E-state index contributed by atoms with van der Waals surface area (Å²) in [5.41, 5.74) is 2.75. The minimum atomic E-state index is 0.442. The monoisotopic (exact) mass is 339 g/mol. The molecule has 2 unspecified atom stereocenters. The molecule has 2 aromatic rings. The smallest absolute Gasteiger partial charge is 0.193 e. The topological polar surface area (TPSA) is 45.5 Å². The number of aryl methyl sites for hydroxylation is 1. The van der Waals surface area contributed by atoms with Crippen LogP contribution in [0.25, 0.3) is 0 Å². The van der Waals surface area contributed by atoms with Gasteiger partial charge in [-0.1, -0.05) is 38.1 Å². The number of hydrogen-bond acceptors (Lipinski definition) is 2. The molecule has 3 rings (SSSR count). The van der Waals surface area contributed by atoms with Gasteiger partial charge in [0.1, 0.15) is 0 Å². The summed E-state index contributed by atoms with van der Waals surface area (Å²) >= 11 is 0. The van der Waals surface area contributed by atoms with E-state index in [0.717, 1.165) is 38.4 Å². The number of rotatable bonds is 4. The fourth-order valence-corrected chi connectivity index (χ4v) is 3.68. The first-order valence-electron chi connectivity index (χ1n) is 9.22. The van der Waals surface area contributed by atoms with Crippen molar-refractivity contribution in [3.63, 3.8) is 0 Å². The summed E-state index contributed by atoms with van der Waals surface area (Å²) in [5.74, 6) is 1.63. The first-order chi connectivity index (χ1) is 12.2. The first-order valence-corrected chi connectivity index (χ1v) is 9.22. The van der Waals surface area contributed by atoms with Gasteiger partial charge in [-0.05, 0) is 29.9 Å². The highest BCUT2D eigenvalue weighted by molar-refractivity contribution is 5.80. The third kappa shape index (κ3) is 4.03. The summed E-state index contributed by atoms with van der Waals surface area (Å²) in [4.78, 5) is 11.1. The summed E-state index contributed by atoms with van der Waals surface area (Å²) < 4.78 is 2.23. The van der Waals surface area contributed by atoms with Crippen LogP contribution in [0.5, 0.6) is 0 Å². The van der Waals surface area contributed by atoms with Gasteiger partial charge in [0.15, 0.2) is 5.96 Å². The molecule has 2 heterocycles. The normalized spacial score (nSPS) is 21.4. The molecule has 1 fully saturated rings. The molecule has 1 N–H and O–H groups in total. The molecule has 25 heavy (non-hydrogen) atoms. The molecule has 1 aliphatic heterocycles. The van der Waals surface area contributed by atoms with Crippen molar-refractivity contribution >= 4 is 5.96 Å². The van der Waals surface area contributed by atoms with Crippen molar-refractivity contribution in [2.24, 2.45) is 10.9 Å². The lowest BCUT2D eigenvalue weighted by molar-refractivity contribution is 0.189. The third-order valence-corrected chi connectivity index (χ3v) is 5.27. The maximum atomic E-state index is 4.53. The number of nitrogens with one attached hydrogen (secondary N) is 1. The van der Waals surface area contributed by atoms with Crippen molar-refractivity contribution in [1.82, 2.24) is 19.8 Å². The largest absolute Gasteiger partial charge is 0.352 e. The molecule has 0 radical (unpaired) electrons. The molecule has 1 aromatic carbocycles. The third-order valence-electron chi connectivity index (χ3n) is 5.27. The Bertz CT molecular complexity index is 692. The van der Waals surface area contributed by atoms with Gasteiger partial charge in [0.2, 0.25) is 0 Å². The van der Waals surface area contributed by atoms with Gasteiger partial charge < -0.3 is 14.8 Å². The predicted octanol–water partition coefficient (Wildman–Crippen LogP) is 3.10. The number of imidazole rings is 1. The zero-order chi connectivity index (χ0) is 17.6. The second-order valence-corrected chi connectivity index (χ2v) is 6.81. The standard InChI is InChI=1S/C20H29N5/c1-4-17-7-5-6-8-18(17)13-23-20(21-3)24-11-9-16(2)19(14-24)25-12-10-22-15-25/h5-8,10,12,15-16,19H,4,9,11,13-14H2,1-3H3,(H,21,23). The number of aromatic nitrogens is 2. The van der Waals surface area contributed by atoms with Gasteiger partial charge in [0.05, 0.1) is 12.4 Å². The van der Waals surface area contributed by atoms with E-state index >= 15 is 0 Å². The number of hydrogen-bond donors (Lipinski definition) is 1. The minimum absolute atomic E-state index is 0.442. The number of aliphatic imine (C=N–C) groups is 1. The molecule has 0 spiro atoms. The van der Waals surface area contributed by atoms with Gasteiger partial charge in [-0.15, -0.1) is 0 Å². The van der Waals surface area contributed by atoms with Crippen LogP contribution in [-0.4, -0.2) is 40.5 Å². The minimum Gasteiger partial charge on any atom is -0.352 e. The number of piperidine rings is 1. The van der Waals surface area contributed by atoms with Gasteiger partial charge in [0, 0.05) is 39.1 Å². The average Bonchev–Trinajstić information content (AvgIpc) is 3.18. The lowest BCUT2D eigenvalue weighted by Crippen LogP contribution is -2.48. The molecular weight excluding hydrogens is 310 g/mol. The maximum Gasteiger partial charge on any atom is 0.193 e. The van der Waals surface area contributed by atoms with E-state index in [2.05, 4.69) is 69.1 Å². The van der Waals surface area contributed by atoms with Crippen LogP contribution in [0, 0.1) is 5.92 Å². The molecule has 1 saturated heterocycles. The van der Waals surface area contributed by atoms with E-state index in [1.807, 2.05) is 19.6 Å². The van der Waals surface area contributed by atoms with Crippen LogP contribution in [0.3, 0.4) is 0 Å². The van der Waals surface area contributed by atoms with Crippen LogP contribution < -0.4 is 5.32 Å². The molecular formula is C20H29N5. The van der Waals surface area contributed by atoms with E-state index in [4.69, 9.17) is 0 Å². The maximum absolute atomic E-state index is 4.53. The lowest BCUT2D eigenvalue weighted by Gasteiger charge is -2.39. The fraction of sp³-hybridized carbons (Fsp3) is 0.500. The van der Waals surface area contributed by atoms with Crippen LogP contribution in [0.15, 0.2) is 48.0 Å². The van der Waals surface area contributed by atoms with E-state index in [0.29, 0.717) is 12.0 Å². The van der Waals surface area contributed by atoms with E-state index in [-0.39, 0.29) is 0 Å². The van der Waals surface area contributed by atoms with Crippen molar-refractivity contribution < 1.29 is 0 Å². The first kappa shape index (κ1) is 17.5. The van der Waals surface area contributed by atoms with Crippen LogP contribution in [0.4, 0.5) is 0 Å². The number of benzene rings is 1. The molecule has 5 heteroatoms. The van der Waals surface area contributed by atoms with Gasteiger partial charge in [-0.25, -0.2) is 4.98 Å². The summed E-state index contributed by atoms with van der Waals surface area (Å²) in [5, 5.41) is 3.56. The molecule has 1 aliphatic rings. The Kier molecular flexibility index (Phi) is 5.74. The summed E-state index contributed by atoms with van der Waals surface area (Å²) in [6.45, 7) is 7.36. The molecule has 2 atom stereocenters. The zero-order valence-electron chi connectivity index (χ0n) is 15.5. The van der Waals surface area contributed by atoms with Crippen LogP contribution in [0.1, 0.15) is 37.4 Å². The van der Waals surface area contributed by atoms with E-state index in [9.17, 15) is 0 Å². The quantitative estimate of drug-likeness (QED) is 0.688. The van der Waals surface area contributed by atoms with Crippen LogP contribution >= 0.6 is 0 Å². The predicted molar refractivity (Wildman–Crippen MR) is 103 cm³/mol. The highest BCUT2D eigenvalue weighted by Crippen LogP contribution is 2.27. The van der Waals surface area contributed by atoms with Crippen LogP contribution in [0.2, 0.25) is 0 Å². The SMILES string of the molecule is CCc1ccccc1CNC(=NC)N1CCC(C)C(n2ccnc2)C1. The van der Waals surface area contributed by atoms with E-state index in [1.165, 1.54) is 11.1 Å². The van der Waals surface area contributed by atoms with E-state index in [1.54, 1.807) is 0 Å². The van der Waals surface area contributed by atoms with Gasteiger partial charge in [0.25, 0.3) is 0 Å². The Morgan fingerprint density at radius 2 is 2.12 bits per heavy atom. The average molecular weight is 339 g/mol. The van der Waals surface area contributed by atoms with Gasteiger partial charge in [-0.3, -0.25) is 4.99 Å². The summed E-state index contributed by atoms with van der Waals surface area (Å²) in [7, 11) is 1.87. The fourth-order valence-electron chi connectivity index (χ4n) is 3.68. The molecule has 5 nitrogen and oxygen atoms in total. The van der Waals surface area contributed by atoms with Crippen molar-refractivity contribution in [3.05, 3.63) is 54.1 Å². The number of nitrogens with zero attached hydrogens (tertiary/aromatic N) is 4. The highest BCUT2D eigenvalue weighted by atomic mass is 15.3. The summed E-state index contributed by atoms with van der Waals surface area (Å²) in [6, 6.07) is 9.07. The Labute approximate surface area is 150 Å². The van der Waals surface area contributed by atoms with E-state index < -0.39 is 0 Å². The van der Waals surface area contributed by atoms with Crippen molar-refractivity contribution in [2.75, 3.05) is 20.1 Å². The van der Waals surface area contributed by atoms with Crippen LogP contribution in [-0.2, 0) is 13.0 Å². The molecule has 0 bridgehead atoms. The van der Waals surface area contributed by atoms with Gasteiger partial charge in [-0.2, -0.15) is 0 Å². The molecule has 0 saturated carbocycles. The summed E-state index contributed by atoms with van der Waals surface area (Å²) in [6.07, 6.45) is 8.08. The number of likely N-dealkylation sites (tertiary alicyclic amines) is 1. The molecule has 0 aliphatic carbocycles. The zero-order valence-corrected chi connectivity index (χ0v) is 15.5. The van der Waals surface area contributed by atoms with Crippen molar-refractivity contribution in [2.45, 2.75) is 39.3 Å². The second-order valence-electron chi connectivity index (χ2n) is 6.81. The lowest BCUT2D eigenvalue weighted by atomic mass is 9.93. The highest BCUT2D eigenvalue weighted by Gasteiger charge is 2.28. The van der Waals surface area contributed by atoms with Crippen molar-refractivity contribution in [3.8, 4) is 0 Å². The Balaban J connectivity index is 1.67.